The van der Waals surface area contributed by atoms with Gasteiger partial charge in [-0.05, 0) is 43.0 Å². The fourth-order valence-electron chi connectivity index (χ4n) is 2.79. The molecule has 2 atom stereocenters. The van der Waals surface area contributed by atoms with E-state index >= 15 is 0 Å². The Morgan fingerprint density at radius 1 is 1.00 bits per heavy atom. The number of hydrogen-bond donors (Lipinski definition) is 3. The Morgan fingerprint density at radius 2 is 1.57 bits per heavy atom. The molecule has 1 aliphatic rings. The first-order valence-corrected chi connectivity index (χ1v) is 8.44. The second kappa shape index (κ2) is 7.99. The molecule has 0 heterocycles. The summed E-state index contributed by atoms with van der Waals surface area (Å²) in [5.74, 6) is 0.453. The molecule has 0 bridgehead atoms. The van der Waals surface area contributed by atoms with Crippen LogP contribution in [0.4, 0.5) is 16.2 Å². The molecule has 1 fully saturated rings. The van der Waals surface area contributed by atoms with E-state index in [0.717, 1.165) is 12.1 Å². The molecule has 126 valence electrons. The Morgan fingerprint density at radius 3 is 2.13 bits per heavy atom. The molecule has 1 aromatic rings. The molecule has 5 nitrogen and oxygen atoms in total. The smallest absolute Gasteiger partial charge is 0.319 e. The zero-order chi connectivity index (χ0) is 16.8. The van der Waals surface area contributed by atoms with Crippen molar-refractivity contribution in [3.8, 4) is 0 Å². The molecule has 1 aliphatic carbocycles. The highest BCUT2D eigenvalue weighted by molar-refractivity contribution is 5.93. The lowest BCUT2D eigenvalue weighted by molar-refractivity contribution is -0.118. The molecule has 2 unspecified atom stereocenters. The Bertz CT molecular complexity index is 540. The first-order valence-electron chi connectivity index (χ1n) is 8.44. The van der Waals surface area contributed by atoms with Crippen LogP contribution in [0.5, 0.6) is 0 Å². The molecule has 1 saturated carbocycles. The molecule has 0 saturated heterocycles. The highest BCUT2D eigenvalue weighted by Gasteiger charge is 2.22. The first kappa shape index (κ1) is 17.3. The van der Waals surface area contributed by atoms with Crippen LogP contribution in [0.25, 0.3) is 0 Å². The number of nitrogens with one attached hydrogen (secondary N) is 3. The van der Waals surface area contributed by atoms with Crippen molar-refractivity contribution in [3.05, 3.63) is 24.3 Å². The maximum absolute atomic E-state index is 12.1. The summed E-state index contributed by atoms with van der Waals surface area (Å²) in [5, 5.41) is 8.74. The van der Waals surface area contributed by atoms with Gasteiger partial charge in [0.15, 0.2) is 0 Å². The fraction of sp³-hybridized carbons (Fsp3) is 0.556. The first-order chi connectivity index (χ1) is 11.0. The van der Waals surface area contributed by atoms with Crippen LogP contribution < -0.4 is 16.0 Å². The fourth-order valence-corrected chi connectivity index (χ4v) is 2.79. The van der Waals surface area contributed by atoms with Crippen molar-refractivity contribution in [3.63, 3.8) is 0 Å². The van der Waals surface area contributed by atoms with Crippen molar-refractivity contribution in [1.29, 1.82) is 0 Å². The molecule has 5 heteroatoms. The van der Waals surface area contributed by atoms with Crippen molar-refractivity contribution >= 4 is 23.3 Å². The van der Waals surface area contributed by atoms with E-state index in [1.165, 1.54) is 19.3 Å². The van der Waals surface area contributed by atoms with Crippen molar-refractivity contribution in [2.24, 2.45) is 11.8 Å². The lowest BCUT2D eigenvalue weighted by Crippen LogP contribution is -2.43. The predicted molar refractivity (Wildman–Crippen MR) is 93.5 cm³/mol. The van der Waals surface area contributed by atoms with Crippen LogP contribution in [0, 0.1) is 11.8 Å². The maximum Gasteiger partial charge on any atom is 0.319 e. The van der Waals surface area contributed by atoms with Gasteiger partial charge >= 0.3 is 6.03 Å². The van der Waals surface area contributed by atoms with E-state index in [0.29, 0.717) is 11.6 Å². The summed E-state index contributed by atoms with van der Waals surface area (Å²) in [6.45, 7) is 5.89. The number of rotatable bonds is 4. The van der Waals surface area contributed by atoms with E-state index < -0.39 is 0 Å². The topological polar surface area (TPSA) is 70.2 Å². The number of hydrogen-bond acceptors (Lipinski definition) is 2. The van der Waals surface area contributed by atoms with Crippen LogP contribution in [0.1, 0.15) is 46.5 Å². The summed E-state index contributed by atoms with van der Waals surface area (Å²) in [6, 6.07) is 7.26. The number of anilines is 2. The Kier molecular flexibility index (Phi) is 6.02. The standard InChI is InChI=1S/C18H27N3O2/c1-12(2)17(22)19-14-8-10-15(11-9-14)20-18(23)21-16-7-5-4-6-13(16)3/h8-13,16H,4-7H2,1-3H3,(H,19,22)(H2,20,21,23). The highest BCUT2D eigenvalue weighted by Crippen LogP contribution is 2.23. The second-order valence-electron chi connectivity index (χ2n) is 6.69. The van der Waals surface area contributed by atoms with Gasteiger partial charge < -0.3 is 16.0 Å². The number of carbonyl (C=O) groups excluding carboxylic acids is 2. The predicted octanol–water partition coefficient (Wildman–Crippen LogP) is 3.98. The van der Waals surface area contributed by atoms with Gasteiger partial charge in [-0.3, -0.25) is 4.79 Å². The van der Waals surface area contributed by atoms with E-state index in [1.807, 2.05) is 13.8 Å². The van der Waals surface area contributed by atoms with E-state index in [2.05, 4.69) is 22.9 Å². The van der Waals surface area contributed by atoms with E-state index in [-0.39, 0.29) is 23.9 Å². The Hall–Kier alpha value is -2.04. The third kappa shape index (κ3) is 5.27. The average molecular weight is 317 g/mol. The molecule has 3 amide bonds. The summed E-state index contributed by atoms with van der Waals surface area (Å²) >= 11 is 0. The van der Waals surface area contributed by atoms with Crippen LogP contribution in [0.3, 0.4) is 0 Å². The summed E-state index contributed by atoms with van der Waals surface area (Å²) in [6.07, 6.45) is 4.66. The lowest BCUT2D eigenvalue weighted by atomic mass is 9.86. The van der Waals surface area contributed by atoms with Gasteiger partial charge in [-0.15, -0.1) is 0 Å². The number of urea groups is 1. The molecule has 0 spiro atoms. The Balaban J connectivity index is 1.85. The minimum Gasteiger partial charge on any atom is -0.335 e. The third-order valence-electron chi connectivity index (χ3n) is 4.36. The van der Waals surface area contributed by atoms with Crippen molar-refractivity contribution < 1.29 is 9.59 Å². The quantitative estimate of drug-likeness (QED) is 0.786. The van der Waals surface area contributed by atoms with Crippen molar-refractivity contribution in [1.82, 2.24) is 5.32 Å². The minimum absolute atomic E-state index is 0.0188. The normalized spacial score (nSPS) is 20.9. The summed E-state index contributed by atoms with van der Waals surface area (Å²) in [5.41, 5.74) is 1.45. The largest absolute Gasteiger partial charge is 0.335 e. The molecule has 0 aliphatic heterocycles. The van der Waals surface area contributed by atoms with Crippen LogP contribution in [0.15, 0.2) is 24.3 Å². The van der Waals surface area contributed by atoms with Crippen LogP contribution >= 0.6 is 0 Å². The molecule has 23 heavy (non-hydrogen) atoms. The summed E-state index contributed by atoms with van der Waals surface area (Å²) in [4.78, 5) is 23.7. The van der Waals surface area contributed by atoms with Gasteiger partial charge in [0.05, 0.1) is 0 Å². The SMILES string of the molecule is CC(C)C(=O)Nc1ccc(NC(=O)NC2CCCCC2C)cc1. The van der Waals surface area contributed by atoms with Gasteiger partial charge in [-0.2, -0.15) is 0 Å². The molecule has 0 radical (unpaired) electrons. The van der Waals surface area contributed by atoms with Gasteiger partial charge in [0, 0.05) is 23.3 Å². The molecular weight excluding hydrogens is 290 g/mol. The van der Waals surface area contributed by atoms with Crippen LogP contribution in [-0.4, -0.2) is 18.0 Å². The van der Waals surface area contributed by atoms with E-state index in [4.69, 9.17) is 0 Å². The maximum atomic E-state index is 12.1. The van der Waals surface area contributed by atoms with Crippen molar-refractivity contribution in [2.45, 2.75) is 52.5 Å². The number of carbonyl (C=O) groups is 2. The molecule has 1 aromatic carbocycles. The van der Waals surface area contributed by atoms with Crippen LogP contribution in [0.2, 0.25) is 0 Å². The minimum atomic E-state index is -0.164. The zero-order valence-electron chi connectivity index (χ0n) is 14.2. The van der Waals surface area contributed by atoms with Gasteiger partial charge in [0.25, 0.3) is 0 Å². The third-order valence-corrected chi connectivity index (χ3v) is 4.36. The van der Waals surface area contributed by atoms with Crippen LogP contribution in [-0.2, 0) is 4.79 Å². The summed E-state index contributed by atoms with van der Waals surface area (Å²) in [7, 11) is 0. The monoisotopic (exact) mass is 317 g/mol. The van der Waals surface area contributed by atoms with Gasteiger partial charge in [-0.1, -0.05) is 33.6 Å². The second-order valence-corrected chi connectivity index (χ2v) is 6.69. The molecule has 2 rings (SSSR count). The van der Waals surface area contributed by atoms with Crippen molar-refractivity contribution in [2.75, 3.05) is 10.6 Å². The highest BCUT2D eigenvalue weighted by atomic mass is 16.2. The van der Waals surface area contributed by atoms with E-state index in [1.54, 1.807) is 24.3 Å². The van der Waals surface area contributed by atoms with Gasteiger partial charge in [0.1, 0.15) is 0 Å². The zero-order valence-corrected chi connectivity index (χ0v) is 14.2. The molecule has 0 aromatic heterocycles. The number of amides is 3. The van der Waals surface area contributed by atoms with Gasteiger partial charge in [-0.25, -0.2) is 4.79 Å². The lowest BCUT2D eigenvalue weighted by Gasteiger charge is -2.29. The number of benzene rings is 1. The van der Waals surface area contributed by atoms with Gasteiger partial charge in [0.2, 0.25) is 5.91 Å². The average Bonchev–Trinajstić information content (AvgIpc) is 2.51. The molecule has 3 N–H and O–H groups in total. The summed E-state index contributed by atoms with van der Waals surface area (Å²) < 4.78 is 0. The van der Waals surface area contributed by atoms with E-state index in [9.17, 15) is 9.59 Å². The molecular formula is C18H27N3O2. The Labute approximate surface area is 138 Å².